The summed E-state index contributed by atoms with van der Waals surface area (Å²) in [7, 11) is 0. The van der Waals surface area contributed by atoms with Crippen molar-refractivity contribution < 1.29 is 4.79 Å². The van der Waals surface area contributed by atoms with Crippen LogP contribution in [0.4, 0.5) is 16.8 Å². The Hall–Kier alpha value is -3.11. The molecule has 5 heterocycles. The van der Waals surface area contributed by atoms with Crippen molar-refractivity contribution in [2.45, 2.75) is 38.3 Å². The molecule has 3 aromatic heterocycles. The molecule has 1 amide bonds. The third kappa shape index (κ3) is 4.71. The van der Waals surface area contributed by atoms with Gasteiger partial charge >= 0.3 is 0 Å². The summed E-state index contributed by atoms with van der Waals surface area (Å²) in [4.78, 5) is 33.4. The number of rotatable bonds is 6. The molecular formula is C22H26N8OS. The molecule has 2 saturated heterocycles. The fourth-order valence-corrected chi connectivity index (χ4v) is 4.99. The number of aromatic nitrogens is 4. The van der Waals surface area contributed by atoms with Gasteiger partial charge in [-0.2, -0.15) is 0 Å². The summed E-state index contributed by atoms with van der Waals surface area (Å²) in [6.07, 6.45) is 8.29. The van der Waals surface area contributed by atoms with E-state index in [1.54, 1.807) is 23.7 Å². The number of thiazole rings is 1. The first-order chi connectivity index (χ1) is 15.6. The van der Waals surface area contributed by atoms with Crippen LogP contribution in [0.5, 0.6) is 0 Å². The molecule has 0 unspecified atom stereocenters. The Kier molecular flexibility index (Phi) is 5.95. The molecule has 3 N–H and O–H groups in total. The van der Waals surface area contributed by atoms with Gasteiger partial charge in [0.05, 0.1) is 10.9 Å². The smallest absolute Gasteiger partial charge is 0.237 e. The van der Waals surface area contributed by atoms with Crippen LogP contribution in [0.1, 0.15) is 25.1 Å². The van der Waals surface area contributed by atoms with E-state index in [9.17, 15) is 4.79 Å². The lowest BCUT2D eigenvalue weighted by molar-refractivity contribution is -0.123. The lowest BCUT2D eigenvalue weighted by atomic mass is 10.2. The van der Waals surface area contributed by atoms with E-state index in [-0.39, 0.29) is 18.0 Å². The molecule has 2 atom stereocenters. The van der Waals surface area contributed by atoms with Gasteiger partial charge in [0.25, 0.3) is 0 Å². The molecule has 5 rings (SSSR count). The molecule has 0 aliphatic carbocycles. The number of hydrogen-bond acceptors (Lipinski definition) is 9. The second kappa shape index (κ2) is 9.17. The summed E-state index contributed by atoms with van der Waals surface area (Å²) in [5, 5.41) is 10.5. The Balaban J connectivity index is 1.24. The first-order valence-electron chi connectivity index (χ1n) is 10.9. The Bertz CT molecular complexity index is 1080. The standard InChI is InChI=1S/C22H26N8OS/c1-14-26-19(29-22-25-12-18(32-22)15-4-8-23-9-5-15)11-20(27-14)30-10-6-16(13-30)28-21(31)17-3-2-7-24-17/h4-5,8-9,11-12,16-17,24H,2-3,6-7,10,13H2,1H3,(H,28,31)(H,25,26,27,29)/t16-,17-/m0/s1. The van der Waals surface area contributed by atoms with Gasteiger partial charge in [-0.15, -0.1) is 0 Å². The fourth-order valence-electron chi connectivity index (χ4n) is 4.17. The SMILES string of the molecule is Cc1nc(Nc2ncc(-c3ccncc3)s2)cc(N2CC[C@H](NC(=O)[C@@H]3CCCN3)C2)n1. The zero-order valence-electron chi connectivity index (χ0n) is 17.9. The highest BCUT2D eigenvalue weighted by Gasteiger charge is 2.29. The molecule has 0 spiro atoms. The molecule has 0 aromatic carbocycles. The summed E-state index contributed by atoms with van der Waals surface area (Å²) >= 11 is 1.57. The minimum absolute atomic E-state index is 0.0449. The molecule has 0 saturated carbocycles. The van der Waals surface area contributed by atoms with E-state index in [1.807, 2.05) is 31.3 Å². The molecule has 2 fully saturated rings. The monoisotopic (exact) mass is 450 g/mol. The van der Waals surface area contributed by atoms with Crippen molar-refractivity contribution in [1.29, 1.82) is 0 Å². The Morgan fingerprint density at radius 1 is 1.25 bits per heavy atom. The maximum atomic E-state index is 12.4. The average molecular weight is 451 g/mol. The quantitative estimate of drug-likeness (QED) is 0.526. The third-order valence-corrected chi connectivity index (χ3v) is 6.73. The first kappa shape index (κ1) is 20.8. The van der Waals surface area contributed by atoms with E-state index in [1.165, 1.54) is 0 Å². The maximum Gasteiger partial charge on any atom is 0.237 e. The van der Waals surface area contributed by atoms with Gasteiger partial charge in [0, 0.05) is 43.8 Å². The van der Waals surface area contributed by atoms with Gasteiger partial charge in [0.2, 0.25) is 5.91 Å². The van der Waals surface area contributed by atoms with Crippen LogP contribution in [0.25, 0.3) is 10.4 Å². The highest BCUT2D eigenvalue weighted by atomic mass is 32.1. The van der Waals surface area contributed by atoms with Gasteiger partial charge in [-0.25, -0.2) is 15.0 Å². The molecule has 0 radical (unpaired) electrons. The normalized spacial score (nSPS) is 20.5. The number of pyridine rings is 1. The number of hydrogen-bond donors (Lipinski definition) is 3. The Morgan fingerprint density at radius 3 is 2.94 bits per heavy atom. The summed E-state index contributed by atoms with van der Waals surface area (Å²) < 4.78 is 0. The van der Waals surface area contributed by atoms with E-state index in [4.69, 9.17) is 0 Å². The molecule has 2 aliphatic heterocycles. The highest BCUT2D eigenvalue weighted by Crippen LogP contribution is 2.30. The minimum atomic E-state index is -0.0449. The second-order valence-electron chi connectivity index (χ2n) is 8.14. The molecule has 0 bridgehead atoms. The largest absolute Gasteiger partial charge is 0.354 e. The van der Waals surface area contributed by atoms with Crippen molar-refractivity contribution in [2.75, 3.05) is 29.9 Å². The lowest BCUT2D eigenvalue weighted by Gasteiger charge is -2.20. The van der Waals surface area contributed by atoms with Gasteiger partial charge in [0.15, 0.2) is 5.13 Å². The summed E-state index contributed by atoms with van der Waals surface area (Å²) in [5.41, 5.74) is 1.09. The predicted molar refractivity (Wildman–Crippen MR) is 125 cm³/mol. The summed E-state index contributed by atoms with van der Waals surface area (Å²) in [6, 6.07) is 5.98. The van der Waals surface area contributed by atoms with Crippen LogP contribution in [0.3, 0.4) is 0 Å². The minimum Gasteiger partial charge on any atom is -0.354 e. The Morgan fingerprint density at radius 2 is 2.12 bits per heavy atom. The summed E-state index contributed by atoms with van der Waals surface area (Å²) in [6.45, 7) is 4.41. The molecule has 9 nitrogen and oxygen atoms in total. The van der Waals surface area contributed by atoms with E-state index in [2.05, 4.69) is 40.8 Å². The van der Waals surface area contributed by atoms with Crippen LogP contribution in [-0.4, -0.2) is 57.6 Å². The van der Waals surface area contributed by atoms with E-state index in [0.29, 0.717) is 11.6 Å². The van der Waals surface area contributed by atoms with Gasteiger partial charge in [0.1, 0.15) is 17.5 Å². The van der Waals surface area contributed by atoms with Crippen LogP contribution in [-0.2, 0) is 4.79 Å². The number of amides is 1. The average Bonchev–Trinajstić information content (AvgIpc) is 3.56. The van der Waals surface area contributed by atoms with Crippen LogP contribution in [0.2, 0.25) is 0 Å². The first-order valence-corrected chi connectivity index (χ1v) is 11.7. The maximum absolute atomic E-state index is 12.4. The Labute approximate surface area is 190 Å². The molecular weight excluding hydrogens is 424 g/mol. The van der Waals surface area contributed by atoms with Crippen LogP contribution < -0.4 is 20.9 Å². The highest BCUT2D eigenvalue weighted by molar-refractivity contribution is 7.18. The number of carbonyl (C=O) groups is 1. The predicted octanol–water partition coefficient (Wildman–Crippen LogP) is 2.49. The number of nitrogens with zero attached hydrogens (tertiary/aromatic N) is 5. The van der Waals surface area contributed by atoms with Crippen molar-refractivity contribution >= 4 is 34.0 Å². The second-order valence-corrected chi connectivity index (χ2v) is 9.17. The van der Waals surface area contributed by atoms with Crippen molar-refractivity contribution in [3.63, 3.8) is 0 Å². The zero-order valence-corrected chi connectivity index (χ0v) is 18.7. The number of carbonyl (C=O) groups excluding carboxylic acids is 1. The van der Waals surface area contributed by atoms with Gasteiger partial charge in [-0.1, -0.05) is 11.3 Å². The van der Waals surface area contributed by atoms with Gasteiger partial charge < -0.3 is 20.9 Å². The van der Waals surface area contributed by atoms with Crippen LogP contribution in [0.15, 0.2) is 36.8 Å². The van der Waals surface area contributed by atoms with Crippen molar-refractivity contribution in [1.82, 2.24) is 30.6 Å². The lowest BCUT2D eigenvalue weighted by Crippen LogP contribution is -2.46. The van der Waals surface area contributed by atoms with E-state index < -0.39 is 0 Å². The topological polar surface area (TPSA) is 108 Å². The van der Waals surface area contributed by atoms with Crippen LogP contribution in [0, 0.1) is 6.92 Å². The van der Waals surface area contributed by atoms with Crippen molar-refractivity contribution in [3.05, 3.63) is 42.6 Å². The van der Waals surface area contributed by atoms with E-state index in [0.717, 1.165) is 60.3 Å². The molecule has 32 heavy (non-hydrogen) atoms. The van der Waals surface area contributed by atoms with Crippen molar-refractivity contribution in [3.8, 4) is 10.4 Å². The molecule has 10 heteroatoms. The van der Waals surface area contributed by atoms with Gasteiger partial charge in [-0.05, 0) is 50.4 Å². The van der Waals surface area contributed by atoms with Crippen molar-refractivity contribution in [2.24, 2.45) is 0 Å². The molecule has 166 valence electrons. The number of aryl methyl sites for hydroxylation is 1. The number of nitrogens with one attached hydrogen (secondary N) is 3. The third-order valence-electron chi connectivity index (χ3n) is 5.77. The van der Waals surface area contributed by atoms with Gasteiger partial charge in [-0.3, -0.25) is 9.78 Å². The summed E-state index contributed by atoms with van der Waals surface area (Å²) in [5.74, 6) is 2.38. The number of anilines is 3. The zero-order chi connectivity index (χ0) is 21.9. The molecule has 3 aromatic rings. The molecule has 2 aliphatic rings. The van der Waals surface area contributed by atoms with Crippen LogP contribution >= 0.6 is 11.3 Å². The van der Waals surface area contributed by atoms with E-state index >= 15 is 0 Å². The fraction of sp³-hybridized carbons (Fsp3) is 0.409.